The molecular formula is C13H21Cl2F2N5OS. The number of hydrogen-bond acceptors (Lipinski definition) is 5. The standard InChI is InChI=1S/C13H19F2N5OS.2ClH/c14-13(15)20-2-1-16-11(20)7-18-3-5-19(6-4-18)12(21)10-8-22-9-17-10;;/h1-2,10,13,17H,3-9H2;2*1H. The number of piperazine rings is 1. The van der Waals surface area contributed by atoms with Gasteiger partial charge in [-0.05, 0) is 0 Å². The molecule has 138 valence electrons. The van der Waals surface area contributed by atoms with E-state index in [9.17, 15) is 13.6 Å². The molecule has 0 aliphatic carbocycles. The van der Waals surface area contributed by atoms with Crippen LogP contribution in [0, 0.1) is 0 Å². The van der Waals surface area contributed by atoms with Gasteiger partial charge in [-0.1, -0.05) is 0 Å². The van der Waals surface area contributed by atoms with Crippen molar-refractivity contribution in [2.24, 2.45) is 0 Å². The van der Waals surface area contributed by atoms with Crippen LogP contribution in [0.4, 0.5) is 8.78 Å². The zero-order chi connectivity index (χ0) is 15.5. The molecule has 0 bridgehead atoms. The fourth-order valence-electron chi connectivity index (χ4n) is 2.74. The smallest absolute Gasteiger partial charge is 0.319 e. The third kappa shape index (κ3) is 4.95. The molecule has 2 saturated heterocycles. The molecule has 1 amide bonds. The van der Waals surface area contributed by atoms with Crippen LogP contribution < -0.4 is 5.32 Å². The fourth-order valence-corrected chi connectivity index (χ4v) is 3.68. The summed E-state index contributed by atoms with van der Waals surface area (Å²) in [7, 11) is 0. The Morgan fingerprint density at radius 3 is 2.62 bits per heavy atom. The van der Waals surface area contributed by atoms with Gasteiger partial charge in [0.1, 0.15) is 5.82 Å². The van der Waals surface area contributed by atoms with E-state index in [0.717, 1.165) is 16.2 Å². The van der Waals surface area contributed by atoms with Gasteiger partial charge in [-0.2, -0.15) is 8.78 Å². The molecule has 1 aromatic heterocycles. The van der Waals surface area contributed by atoms with Gasteiger partial charge in [0.25, 0.3) is 0 Å². The molecule has 11 heteroatoms. The average Bonchev–Trinajstić information content (AvgIpc) is 3.18. The van der Waals surface area contributed by atoms with E-state index in [-0.39, 0.29) is 36.8 Å². The van der Waals surface area contributed by atoms with E-state index in [1.807, 2.05) is 4.90 Å². The molecule has 3 rings (SSSR count). The van der Waals surface area contributed by atoms with Crippen LogP contribution in [-0.2, 0) is 11.3 Å². The Balaban J connectivity index is 0.00000144. The van der Waals surface area contributed by atoms with Crippen LogP contribution in [0.15, 0.2) is 12.4 Å². The second-order valence-electron chi connectivity index (χ2n) is 5.40. The van der Waals surface area contributed by atoms with Crippen LogP contribution in [0.2, 0.25) is 0 Å². The molecule has 1 atom stereocenters. The number of carbonyl (C=O) groups is 1. The lowest BCUT2D eigenvalue weighted by atomic mass is 10.2. The quantitative estimate of drug-likeness (QED) is 0.823. The van der Waals surface area contributed by atoms with E-state index in [2.05, 4.69) is 15.2 Å². The first-order valence-corrected chi connectivity index (χ1v) is 8.43. The zero-order valence-corrected chi connectivity index (χ0v) is 15.4. The van der Waals surface area contributed by atoms with Crippen molar-refractivity contribution < 1.29 is 13.6 Å². The molecule has 2 aliphatic rings. The minimum absolute atomic E-state index is 0. The van der Waals surface area contributed by atoms with Gasteiger partial charge in [0.2, 0.25) is 5.91 Å². The van der Waals surface area contributed by atoms with Crippen LogP contribution in [0.1, 0.15) is 12.4 Å². The maximum Gasteiger partial charge on any atom is 0.319 e. The van der Waals surface area contributed by atoms with E-state index >= 15 is 0 Å². The van der Waals surface area contributed by atoms with Gasteiger partial charge < -0.3 is 4.90 Å². The van der Waals surface area contributed by atoms with Gasteiger partial charge in [0.05, 0.1) is 12.6 Å². The summed E-state index contributed by atoms with van der Waals surface area (Å²) in [6, 6.07) is -0.0747. The van der Waals surface area contributed by atoms with Gasteiger partial charge in [-0.25, -0.2) is 4.98 Å². The number of halogens is 4. The maximum atomic E-state index is 12.8. The molecule has 2 fully saturated rings. The predicted molar refractivity (Wildman–Crippen MR) is 94.1 cm³/mol. The van der Waals surface area contributed by atoms with E-state index in [1.165, 1.54) is 12.4 Å². The Labute approximate surface area is 156 Å². The number of imidazole rings is 1. The summed E-state index contributed by atoms with van der Waals surface area (Å²) in [4.78, 5) is 20.2. The molecule has 1 aromatic rings. The Kier molecular flexibility index (Phi) is 8.72. The lowest BCUT2D eigenvalue weighted by Crippen LogP contribution is -2.53. The van der Waals surface area contributed by atoms with Gasteiger partial charge in [-0.3, -0.25) is 19.6 Å². The van der Waals surface area contributed by atoms with Crippen molar-refractivity contribution in [2.45, 2.75) is 19.1 Å². The van der Waals surface area contributed by atoms with Crippen LogP contribution in [0.3, 0.4) is 0 Å². The number of alkyl halides is 2. The minimum atomic E-state index is -2.56. The molecule has 1 unspecified atom stereocenters. The highest BCUT2D eigenvalue weighted by molar-refractivity contribution is 7.99. The molecule has 24 heavy (non-hydrogen) atoms. The highest BCUT2D eigenvalue weighted by Gasteiger charge is 2.29. The van der Waals surface area contributed by atoms with Crippen molar-refractivity contribution in [3.05, 3.63) is 18.2 Å². The van der Waals surface area contributed by atoms with Crippen LogP contribution >= 0.6 is 36.6 Å². The largest absolute Gasteiger partial charge is 0.339 e. The first-order chi connectivity index (χ1) is 10.6. The number of nitrogens with zero attached hydrogens (tertiary/aromatic N) is 4. The third-order valence-corrected chi connectivity index (χ3v) is 4.96. The van der Waals surface area contributed by atoms with Crippen LogP contribution in [0.25, 0.3) is 0 Å². The van der Waals surface area contributed by atoms with Crippen molar-refractivity contribution in [1.29, 1.82) is 0 Å². The Morgan fingerprint density at radius 1 is 1.33 bits per heavy atom. The number of hydrogen-bond donors (Lipinski definition) is 1. The molecule has 0 radical (unpaired) electrons. The topological polar surface area (TPSA) is 53.4 Å². The summed E-state index contributed by atoms with van der Waals surface area (Å²) >= 11 is 1.73. The molecule has 1 N–H and O–H groups in total. The summed E-state index contributed by atoms with van der Waals surface area (Å²) in [5, 5.41) is 3.18. The number of thioether (sulfide) groups is 1. The number of amides is 1. The van der Waals surface area contributed by atoms with Crippen molar-refractivity contribution in [3.8, 4) is 0 Å². The lowest BCUT2D eigenvalue weighted by Gasteiger charge is -2.35. The fraction of sp³-hybridized carbons (Fsp3) is 0.692. The third-order valence-electron chi connectivity index (χ3n) is 4.02. The first kappa shape index (κ1) is 21.4. The van der Waals surface area contributed by atoms with Gasteiger partial charge in [0.15, 0.2) is 0 Å². The molecule has 0 saturated carbocycles. The molecule has 0 aromatic carbocycles. The molecular weight excluding hydrogens is 383 g/mol. The van der Waals surface area contributed by atoms with Gasteiger partial charge >= 0.3 is 6.55 Å². The van der Waals surface area contributed by atoms with Gasteiger partial charge in [-0.15, -0.1) is 36.6 Å². The monoisotopic (exact) mass is 403 g/mol. The van der Waals surface area contributed by atoms with E-state index < -0.39 is 6.55 Å². The summed E-state index contributed by atoms with van der Waals surface area (Å²) in [5.41, 5.74) is 0. The second kappa shape index (κ2) is 9.76. The maximum absolute atomic E-state index is 12.8. The number of aromatic nitrogens is 2. The Bertz CT molecular complexity index is 522. The average molecular weight is 404 g/mol. The van der Waals surface area contributed by atoms with E-state index in [0.29, 0.717) is 38.5 Å². The van der Waals surface area contributed by atoms with E-state index in [4.69, 9.17) is 0 Å². The number of carbonyl (C=O) groups excluding carboxylic acids is 1. The summed E-state index contributed by atoms with van der Waals surface area (Å²) in [5.74, 6) is 2.17. The molecule has 2 aliphatic heterocycles. The van der Waals surface area contributed by atoms with Crippen molar-refractivity contribution in [1.82, 2.24) is 24.7 Å². The number of rotatable bonds is 4. The number of nitrogens with one attached hydrogen (secondary N) is 1. The first-order valence-electron chi connectivity index (χ1n) is 7.27. The SMILES string of the molecule is Cl.Cl.O=C(C1CSCN1)N1CCN(Cc2nccn2C(F)F)CC1. The summed E-state index contributed by atoms with van der Waals surface area (Å²) in [6.07, 6.45) is 2.69. The molecule has 3 heterocycles. The predicted octanol–water partition coefficient (Wildman–Crippen LogP) is 1.43. The Hall–Kier alpha value is -0.610. The van der Waals surface area contributed by atoms with Crippen molar-refractivity contribution >= 4 is 42.5 Å². The van der Waals surface area contributed by atoms with Gasteiger partial charge in [0, 0.05) is 50.2 Å². The second-order valence-corrected chi connectivity index (χ2v) is 6.43. The van der Waals surface area contributed by atoms with Crippen LogP contribution in [-0.4, -0.2) is 69.1 Å². The lowest BCUT2D eigenvalue weighted by molar-refractivity contribution is -0.134. The summed E-state index contributed by atoms with van der Waals surface area (Å²) < 4.78 is 26.5. The molecule has 0 spiro atoms. The minimum Gasteiger partial charge on any atom is -0.339 e. The van der Waals surface area contributed by atoms with E-state index in [1.54, 1.807) is 11.8 Å². The van der Waals surface area contributed by atoms with Crippen LogP contribution in [0.5, 0.6) is 0 Å². The highest BCUT2D eigenvalue weighted by atomic mass is 35.5. The van der Waals surface area contributed by atoms with Crippen molar-refractivity contribution in [3.63, 3.8) is 0 Å². The summed E-state index contributed by atoms with van der Waals surface area (Å²) in [6.45, 7) is 0.459. The normalized spacial score (nSPS) is 21.5. The highest BCUT2D eigenvalue weighted by Crippen LogP contribution is 2.16. The van der Waals surface area contributed by atoms with Crippen molar-refractivity contribution in [2.75, 3.05) is 37.8 Å². The zero-order valence-electron chi connectivity index (χ0n) is 12.9. The Morgan fingerprint density at radius 2 is 2.04 bits per heavy atom. The molecule has 6 nitrogen and oxygen atoms in total.